The summed E-state index contributed by atoms with van der Waals surface area (Å²) >= 11 is 0. The lowest BCUT2D eigenvalue weighted by molar-refractivity contribution is 0.357. The van der Waals surface area contributed by atoms with Gasteiger partial charge in [-0.05, 0) is 30.4 Å². The van der Waals surface area contributed by atoms with Crippen molar-refractivity contribution < 1.29 is 9.52 Å². The first-order chi connectivity index (χ1) is 7.94. The molecule has 3 heteroatoms. The summed E-state index contributed by atoms with van der Waals surface area (Å²) in [6.45, 7) is 6.70. The highest BCUT2D eigenvalue weighted by atomic mass is 16.3. The fourth-order valence-corrected chi connectivity index (χ4v) is 1.84. The van der Waals surface area contributed by atoms with E-state index < -0.39 is 0 Å². The van der Waals surface area contributed by atoms with Gasteiger partial charge in [0.05, 0.1) is 0 Å². The lowest BCUT2D eigenvalue weighted by atomic mass is 9.90. The topological polar surface area (TPSA) is 46.3 Å². The van der Waals surface area contributed by atoms with Crippen molar-refractivity contribution in [1.29, 1.82) is 0 Å². The number of aryl methyl sites for hydroxylation is 1. The van der Waals surface area contributed by atoms with Crippen LogP contribution in [0.25, 0.3) is 11.1 Å². The molecule has 0 unspecified atom stereocenters. The summed E-state index contributed by atoms with van der Waals surface area (Å²) in [6, 6.07) is 5.01. The van der Waals surface area contributed by atoms with Crippen molar-refractivity contribution in [3.8, 4) is 5.75 Å². The van der Waals surface area contributed by atoms with Crippen LogP contribution in [0.3, 0.4) is 0 Å². The predicted octanol–water partition coefficient (Wildman–Crippen LogP) is 3.90. The van der Waals surface area contributed by atoms with E-state index >= 15 is 0 Å². The van der Waals surface area contributed by atoms with Gasteiger partial charge in [0.25, 0.3) is 0 Å². The highest BCUT2D eigenvalue weighted by Gasteiger charge is 2.11. The number of phenolic OH excluding ortho intramolecular Hbond substituents is 1. The smallest absolute Gasteiger partial charge is 0.195 e. The van der Waals surface area contributed by atoms with Gasteiger partial charge in [0, 0.05) is 12.5 Å². The van der Waals surface area contributed by atoms with Gasteiger partial charge in [0.15, 0.2) is 11.5 Å². The number of oxazole rings is 1. The van der Waals surface area contributed by atoms with Crippen molar-refractivity contribution in [2.45, 2.75) is 40.0 Å². The first-order valence-corrected chi connectivity index (χ1v) is 6.02. The van der Waals surface area contributed by atoms with Gasteiger partial charge in [0.1, 0.15) is 11.3 Å². The summed E-state index contributed by atoms with van der Waals surface area (Å²) in [5, 5.41) is 9.33. The molecule has 0 amide bonds. The third-order valence-corrected chi connectivity index (χ3v) is 2.73. The van der Waals surface area contributed by atoms with E-state index in [9.17, 15) is 5.11 Å². The van der Waals surface area contributed by atoms with Crippen molar-refractivity contribution in [2.75, 3.05) is 0 Å². The molecule has 0 aliphatic rings. The fraction of sp³-hybridized carbons (Fsp3) is 0.500. The molecule has 0 radical (unpaired) electrons. The molecule has 2 rings (SSSR count). The second kappa shape index (κ2) is 4.40. The minimum Gasteiger partial charge on any atom is -0.508 e. The molecule has 1 heterocycles. The van der Waals surface area contributed by atoms with E-state index in [0.29, 0.717) is 11.0 Å². The van der Waals surface area contributed by atoms with Crippen LogP contribution < -0.4 is 0 Å². The Morgan fingerprint density at radius 3 is 2.76 bits per heavy atom. The predicted molar refractivity (Wildman–Crippen MR) is 68.1 cm³/mol. The van der Waals surface area contributed by atoms with Crippen LogP contribution in [0.15, 0.2) is 22.6 Å². The van der Waals surface area contributed by atoms with E-state index in [4.69, 9.17) is 4.42 Å². The third kappa shape index (κ3) is 3.22. The molecular formula is C14H19NO2. The number of hydrogen-bond acceptors (Lipinski definition) is 3. The molecule has 1 N–H and O–H groups in total. The second-order valence-electron chi connectivity index (χ2n) is 5.67. The van der Waals surface area contributed by atoms with Crippen LogP contribution >= 0.6 is 0 Å². The first-order valence-electron chi connectivity index (χ1n) is 6.02. The van der Waals surface area contributed by atoms with Crippen LogP contribution in [0.5, 0.6) is 5.75 Å². The summed E-state index contributed by atoms with van der Waals surface area (Å²) in [7, 11) is 0. The Morgan fingerprint density at radius 1 is 1.29 bits per heavy atom. The summed E-state index contributed by atoms with van der Waals surface area (Å²) in [5.74, 6) is 0.977. The second-order valence-corrected chi connectivity index (χ2v) is 5.67. The normalized spacial score (nSPS) is 12.2. The lowest BCUT2D eigenvalue weighted by Gasteiger charge is -2.16. The quantitative estimate of drug-likeness (QED) is 0.874. The van der Waals surface area contributed by atoms with Gasteiger partial charge in [-0.1, -0.05) is 20.8 Å². The lowest BCUT2D eigenvalue weighted by Crippen LogP contribution is -2.04. The molecule has 0 aliphatic carbocycles. The molecule has 0 atom stereocenters. The zero-order chi connectivity index (χ0) is 12.5. The maximum Gasteiger partial charge on any atom is 0.195 e. The van der Waals surface area contributed by atoms with Gasteiger partial charge in [-0.15, -0.1) is 0 Å². The van der Waals surface area contributed by atoms with Crippen LogP contribution in [0.1, 0.15) is 39.5 Å². The number of aromatic nitrogens is 1. The van der Waals surface area contributed by atoms with Crippen LogP contribution in [0.2, 0.25) is 0 Å². The Bertz CT molecular complexity index is 508. The standard InChI is InChI=1S/C14H19NO2/c1-14(2,3)8-4-5-13-15-11-7-6-10(16)9-12(11)17-13/h6-7,9,16H,4-5,8H2,1-3H3. The van der Waals surface area contributed by atoms with Gasteiger partial charge >= 0.3 is 0 Å². The summed E-state index contributed by atoms with van der Waals surface area (Å²) in [4.78, 5) is 4.40. The van der Waals surface area contributed by atoms with Gasteiger partial charge in [-0.25, -0.2) is 4.98 Å². The summed E-state index contributed by atoms with van der Waals surface area (Å²) in [6.07, 6.45) is 3.08. The molecule has 0 saturated heterocycles. The van der Waals surface area contributed by atoms with E-state index in [1.165, 1.54) is 0 Å². The van der Waals surface area contributed by atoms with Gasteiger partial charge < -0.3 is 9.52 Å². The maximum atomic E-state index is 9.33. The monoisotopic (exact) mass is 233 g/mol. The number of fused-ring (bicyclic) bond motifs is 1. The molecule has 2 aromatic rings. The average Bonchev–Trinajstić information content (AvgIpc) is 2.57. The van der Waals surface area contributed by atoms with E-state index in [2.05, 4.69) is 25.8 Å². The Balaban J connectivity index is 2.05. The van der Waals surface area contributed by atoms with Crippen LogP contribution in [-0.2, 0) is 6.42 Å². The molecule has 1 aromatic heterocycles. The molecule has 0 aliphatic heterocycles. The molecule has 92 valence electrons. The van der Waals surface area contributed by atoms with Crippen LogP contribution in [0.4, 0.5) is 0 Å². The van der Waals surface area contributed by atoms with Gasteiger partial charge in [0.2, 0.25) is 0 Å². The van der Waals surface area contributed by atoms with E-state index in [0.717, 1.165) is 30.7 Å². The van der Waals surface area contributed by atoms with Crippen molar-refractivity contribution in [3.63, 3.8) is 0 Å². The molecule has 0 saturated carbocycles. The highest BCUT2D eigenvalue weighted by molar-refractivity contribution is 5.74. The maximum absolute atomic E-state index is 9.33. The SMILES string of the molecule is CC(C)(C)CCCc1nc2ccc(O)cc2o1. The van der Waals surface area contributed by atoms with Gasteiger partial charge in [-0.2, -0.15) is 0 Å². The summed E-state index contributed by atoms with van der Waals surface area (Å²) < 4.78 is 5.59. The number of hydrogen-bond donors (Lipinski definition) is 1. The van der Waals surface area contributed by atoms with Crippen molar-refractivity contribution in [2.24, 2.45) is 5.41 Å². The van der Waals surface area contributed by atoms with Crippen molar-refractivity contribution in [1.82, 2.24) is 4.98 Å². The molecule has 17 heavy (non-hydrogen) atoms. The zero-order valence-corrected chi connectivity index (χ0v) is 10.7. The Kier molecular flexibility index (Phi) is 3.09. The molecule has 3 nitrogen and oxygen atoms in total. The molecule has 1 aromatic carbocycles. The van der Waals surface area contributed by atoms with Crippen molar-refractivity contribution in [3.05, 3.63) is 24.1 Å². The van der Waals surface area contributed by atoms with E-state index in [1.807, 2.05) is 0 Å². The number of nitrogens with zero attached hydrogens (tertiary/aromatic N) is 1. The Morgan fingerprint density at radius 2 is 2.06 bits per heavy atom. The fourth-order valence-electron chi connectivity index (χ4n) is 1.84. The summed E-state index contributed by atoms with van der Waals surface area (Å²) in [5.41, 5.74) is 1.83. The van der Waals surface area contributed by atoms with Crippen LogP contribution in [0, 0.1) is 5.41 Å². The Labute approximate surface area is 101 Å². The first kappa shape index (κ1) is 12.0. The number of aromatic hydroxyl groups is 1. The Hall–Kier alpha value is -1.51. The van der Waals surface area contributed by atoms with Crippen LogP contribution in [-0.4, -0.2) is 10.1 Å². The van der Waals surface area contributed by atoms with Crippen molar-refractivity contribution >= 4 is 11.1 Å². The average molecular weight is 233 g/mol. The minimum atomic E-state index is 0.217. The van der Waals surface area contributed by atoms with E-state index in [1.54, 1.807) is 18.2 Å². The zero-order valence-electron chi connectivity index (χ0n) is 10.7. The highest BCUT2D eigenvalue weighted by Crippen LogP contribution is 2.24. The minimum absolute atomic E-state index is 0.217. The number of benzene rings is 1. The molecule has 0 fully saturated rings. The number of rotatable bonds is 3. The molecule has 0 bridgehead atoms. The largest absolute Gasteiger partial charge is 0.508 e. The van der Waals surface area contributed by atoms with E-state index in [-0.39, 0.29) is 5.75 Å². The molecule has 0 spiro atoms. The number of phenols is 1. The third-order valence-electron chi connectivity index (χ3n) is 2.73. The van der Waals surface area contributed by atoms with Gasteiger partial charge in [-0.3, -0.25) is 0 Å². The molecular weight excluding hydrogens is 214 g/mol.